The Morgan fingerprint density at radius 2 is 0.777 bits per heavy atom. The van der Waals surface area contributed by atoms with E-state index in [0.29, 0.717) is 20.7 Å². The number of likely N-dealkylation sites (tertiary alicyclic amines) is 2. The maximum atomic E-state index is 11.8. The Hall–Kier alpha value is -5.38. The minimum absolute atomic E-state index is 0.132. The second kappa shape index (κ2) is 55.1. The number of piperidine rings is 5. The summed E-state index contributed by atoms with van der Waals surface area (Å²) in [6, 6.07) is 1.11. The number of alkyl carbamates (subject to hydrolysis) is 4. The van der Waals surface area contributed by atoms with Gasteiger partial charge in [0.2, 0.25) is 14.7 Å². The highest BCUT2D eigenvalue weighted by molar-refractivity contribution is 7.80. The first-order valence-corrected chi connectivity index (χ1v) is 40.3. The molecule has 0 bridgehead atoms. The molecule has 4 amide bonds. The second-order valence-electron chi connectivity index (χ2n) is 27.2. The molecular formula is C70H138ClN19O8S5. The van der Waals surface area contributed by atoms with E-state index >= 15 is 0 Å². The van der Waals surface area contributed by atoms with Gasteiger partial charge in [-0.25, -0.2) is 39.1 Å². The number of carbonyl (C=O) groups excluding carboxylic acids is 4. The lowest BCUT2D eigenvalue weighted by atomic mass is 10.1. The van der Waals surface area contributed by atoms with Gasteiger partial charge in [-0.3, -0.25) is 0 Å². The van der Waals surface area contributed by atoms with Gasteiger partial charge in [-0.1, -0.05) is 69.2 Å². The topological polar surface area (TPSA) is 323 Å². The molecule has 27 nitrogen and oxygen atoms in total. The molecule has 0 aromatic carbocycles. The average molecular weight is 1570 g/mol. The molecule has 0 saturated carbocycles. The van der Waals surface area contributed by atoms with Crippen molar-refractivity contribution in [2.45, 2.75) is 297 Å². The Kier molecular flexibility index (Phi) is 54.5. The van der Waals surface area contributed by atoms with Crippen molar-refractivity contribution in [3.8, 4) is 0 Å². The second-order valence-corrected chi connectivity index (χ2v) is 30.8. The average Bonchev–Trinajstić information content (AvgIpc) is 1.86. The van der Waals surface area contributed by atoms with Gasteiger partial charge in [-0.2, -0.15) is 13.1 Å². The number of halogens is 1. The zero-order valence-corrected chi connectivity index (χ0v) is 73.1. The van der Waals surface area contributed by atoms with E-state index in [0.717, 1.165) is 163 Å². The third kappa shape index (κ3) is 51.5. The van der Waals surface area contributed by atoms with Crippen molar-refractivity contribution in [2.24, 2.45) is 16.5 Å². The molecule has 0 spiro atoms. The summed E-state index contributed by atoms with van der Waals surface area (Å²) in [5, 5.41) is 17.9. The van der Waals surface area contributed by atoms with Gasteiger partial charge in [-0.15, -0.1) is 0 Å². The predicted octanol–water partition coefficient (Wildman–Crippen LogP) is 14.5. The number of hydrogen-bond acceptors (Lipinski definition) is 23. The summed E-state index contributed by atoms with van der Waals surface area (Å²) in [5.41, 5.74) is 9.59. The fourth-order valence-electron chi connectivity index (χ4n) is 9.04. The number of nitrogens with two attached hydrogens (primary N) is 2. The Morgan fingerprint density at radius 3 is 1.03 bits per heavy atom. The summed E-state index contributed by atoms with van der Waals surface area (Å²) in [4.78, 5) is 73.8. The Balaban J connectivity index is -0.00000116. The summed E-state index contributed by atoms with van der Waals surface area (Å²) in [6.07, 6.45) is 7.94. The molecule has 598 valence electrons. The van der Waals surface area contributed by atoms with Crippen molar-refractivity contribution in [1.29, 1.82) is 0 Å². The molecule has 103 heavy (non-hydrogen) atoms. The molecule has 5 aliphatic heterocycles. The first-order chi connectivity index (χ1) is 48.2. The van der Waals surface area contributed by atoms with E-state index in [2.05, 4.69) is 74.3 Å². The lowest BCUT2D eigenvalue weighted by Gasteiger charge is -2.33. The first kappa shape index (κ1) is 102. The lowest BCUT2D eigenvalue weighted by molar-refractivity contribution is 0.0476. The van der Waals surface area contributed by atoms with E-state index in [9.17, 15) is 19.2 Å². The highest BCUT2D eigenvalue weighted by Crippen LogP contribution is 2.24. The predicted molar refractivity (Wildman–Crippen MR) is 439 cm³/mol. The zero-order chi connectivity index (χ0) is 79.9. The fourth-order valence-corrected chi connectivity index (χ4v) is 11.6. The van der Waals surface area contributed by atoms with Crippen LogP contribution in [0.2, 0.25) is 4.47 Å². The monoisotopic (exact) mass is 1570 g/mol. The summed E-state index contributed by atoms with van der Waals surface area (Å²) in [6.45, 7) is 58.8. The number of rotatable bonds is 6. The number of aliphatic imine (C=N–C) groups is 1. The van der Waals surface area contributed by atoms with Crippen LogP contribution in [0.3, 0.4) is 0 Å². The molecule has 8 rings (SSSR count). The van der Waals surface area contributed by atoms with E-state index in [-0.39, 0.29) is 48.5 Å². The number of amidine groups is 1. The normalized spacial score (nSPS) is 15.9. The molecule has 8 heterocycles. The largest absolute Gasteiger partial charge is 0.444 e. The highest BCUT2D eigenvalue weighted by Gasteiger charge is 2.29. The summed E-state index contributed by atoms with van der Waals surface area (Å²) in [7, 11) is 3.89. The molecule has 0 unspecified atom stereocenters. The van der Waals surface area contributed by atoms with Crippen LogP contribution < -0.4 is 47.9 Å². The SMILES string of the molecule is CC.CC.CC.CC.CC.CC(=NC(=S)N1CCC(NC(=O)OC(C)(C)C)CC1)N(C)C.CC(C)(C)OC(=O)NC1CCN(C(N)=S)CC1.CC(C)(C)OC(=O)NC1CCNCC1.Cc1nsc(Cl)n1.Cc1nsc(N2CCC(N)CC2)n1.Cc1nsc(N2CCC(NC(=O)OC(C)(C)C)CC2)n1. The third-order valence-electron chi connectivity index (χ3n) is 13.8. The number of nitrogens with one attached hydrogen (secondary N) is 5. The summed E-state index contributed by atoms with van der Waals surface area (Å²) in [5.74, 6) is 3.32. The van der Waals surface area contributed by atoms with Crippen molar-refractivity contribution < 1.29 is 38.1 Å². The third-order valence-corrected chi connectivity index (χ3v) is 17.0. The minimum Gasteiger partial charge on any atom is -0.444 e. The van der Waals surface area contributed by atoms with Gasteiger partial charge in [0.15, 0.2) is 10.2 Å². The molecule has 9 N–H and O–H groups in total. The van der Waals surface area contributed by atoms with Crippen molar-refractivity contribution >= 4 is 121 Å². The van der Waals surface area contributed by atoms with E-state index in [1.807, 2.05) is 204 Å². The van der Waals surface area contributed by atoms with E-state index < -0.39 is 22.4 Å². The van der Waals surface area contributed by atoms with Crippen LogP contribution in [0.25, 0.3) is 0 Å². The molecule has 5 fully saturated rings. The van der Waals surface area contributed by atoms with Crippen molar-refractivity contribution in [3.63, 3.8) is 0 Å². The molecule has 5 aliphatic rings. The number of amides is 4. The molecule has 33 heteroatoms. The maximum Gasteiger partial charge on any atom is 0.407 e. The minimum atomic E-state index is -0.467. The van der Waals surface area contributed by atoms with Crippen LogP contribution in [-0.4, -0.2) is 215 Å². The van der Waals surface area contributed by atoms with E-state index in [1.54, 1.807) is 0 Å². The van der Waals surface area contributed by atoms with Gasteiger partial charge < -0.3 is 81.5 Å². The van der Waals surface area contributed by atoms with Crippen LogP contribution >= 0.6 is 70.6 Å². The van der Waals surface area contributed by atoms with Crippen LogP contribution in [0.4, 0.5) is 29.4 Å². The first-order valence-electron chi connectivity index (χ1n) is 36.8. The van der Waals surface area contributed by atoms with Gasteiger partial charge in [0.25, 0.3) is 0 Å². The van der Waals surface area contributed by atoms with Crippen LogP contribution in [0.1, 0.15) is 241 Å². The number of aryl methyl sites for hydroxylation is 3. The smallest absolute Gasteiger partial charge is 0.407 e. The standard InChI is InChI=1S/C15H28N4O2S.C13H22N4O2S.C11H21N3O2S.C10H20N2O2.C8H14N4S.C3H3ClN2S.5C2H6/c1-11(18(5)6)16-13(22)19-9-7-12(8-10-19)17-14(20)21-15(2,3)4;1-9-14-11(20-16-9)17-7-5-10(6-8-17)15-12(18)19-13(2,3)4;1-11(2,3)16-10(15)13-8-4-6-14(7-5-8)9(12)17;1-10(2,3)14-9(13)12-8-4-6-11-7-5-8;1-6-10-8(13-11-6)12-4-2-7(9)3-5-12;1-2-5-3(4)7-6-2;5*1-2/h12H,7-10H2,1-6H3,(H,17,20);10H,5-8H2,1-4H3,(H,15,18);8H,4-7H2,1-3H3,(H2,12,17)(H,13,15);8,11H,4-7H2,1-3H3,(H,12,13);7H,2-5,9H2,1H3;1H3;5*1-2H3. The molecule has 5 saturated heterocycles. The Morgan fingerprint density at radius 1 is 0.495 bits per heavy atom. The molecule has 3 aromatic rings. The number of thiocarbonyl (C=S) groups is 2. The van der Waals surface area contributed by atoms with Crippen LogP contribution in [-0.2, 0) is 18.9 Å². The van der Waals surface area contributed by atoms with Gasteiger partial charge in [0.05, 0.1) is 0 Å². The number of aromatic nitrogens is 6. The van der Waals surface area contributed by atoms with Crippen molar-refractivity contribution in [3.05, 3.63) is 21.9 Å². The molecule has 3 aromatic heterocycles. The van der Waals surface area contributed by atoms with Crippen molar-refractivity contribution in [1.82, 2.24) is 69.4 Å². The van der Waals surface area contributed by atoms with Crippen molar-refractivity contribution in [2.75, 3.05) is 89.3 Å². The van der Waals surface area contributed by atoms with Crippen LogP contribution in [0, 0.1) is 20.8 Å². The number of hydrogen-bond donors (Lipinski definition) is 7. The van der Waals surface area contributed by atoms with E-state index in [4.69, 9.17) is 66.5 Å². The van der Waals surface area contributed by atoms with Crippen LogP contribution in [0.5, 0.6) is 0 Å². The molecular weight excluding hydrogens is 1430 g/mol. The lowest BCUT2D eigenvalue weighted by Crippen LogP contribution is -2.48. The number of ether oxygens (including phenoxy) is 4. The Labute approximate surface area is 649 Å². The van der Waals surface area contributed by atoms with Crippen LogP contribution in [0.15, 0.2) is 4.99 Å². The number of carbonyl (C=O) groups is 4. The summed E-state index contributed by atoms with van der Waals surface area (Å²) >= 11 is 19.8. The highest BCUT2D eigenvalue weighted by atomic mass is 35.5. The zero-order valence-electron chi connectivity index (χ0n) is 68.2. The number of nitrogens with zero attached hydrogens (tertiary/aromatic N) is 12. The van der Waals surface area contributed by atoms with Gasteiger partial charge >= 0.3 is 24.4 Å². The van der Waals surface area contributed by atoms with E-state index in [1.165, 1.54) is 34.6 Å². The maximum absolute atomic E-state index is 11.8. The van der Waals surface area contributed by atoms with Gasteiger partial charge in [0, 0.05) is 120 Å². The quantitative estimate of drug-likeness (QED) is 0.0522. The summed E-state index contributed by atoms with van der Waals surface area (Å²) < 4.78 is 33.6. The number of anilines is 2. The molecule has 0 aliphatic carbocycles. The Bertz CT molecular complexity index is 2750. The molecule has 0 atom stereocenters. The van der Waals surface area contributed by atoms with Gasteiger partial charge in [-0.05, 0) is 236 Å². The fraction of sp³-hybridized carbons (Fsp3) is 0.814. The van der Waals surface area contributed by atoms with Gasteiger partial charge in [0.1, 0.15) is 45.7 Å². The molecule has 0 radical (unpaired) electrons.